The highest BCUT2D eigenvalue weighted by Gasteiger charge is 2.28. The monoisotopic (exact) mass is 258 g/mol. The molecule has 7 nitrogen and oxygen atoms in total. The maximum Gasteiger partial charge on any atom is 0.223 e. The summed E-state index contributed by atoms with van der Waals surface area (Å²) in [5.74, 6) is 0.800. The largest absolute Gasteiger partial charge is 0.394 e. The number of aromatic amines is 1. The fourth-order valence-electron chi connectivity index (χ4n) is 2.63. The molecule has 1 saturated heterocycles. The van der Waals surface area contributed by atoms with E-state index in [1.54, 1.807) is 6.20 Å². The number of nitriles is 1. The van der Waals surface area contributed by atoms with Gasteiger partial charge in [-0.15, -0.1) is 0 Å². The van der Waals surface area contributed by atoms with Crippen molar-refractivity contribution in [1.29, 1.82) is 5.26 Å². The Morgan fingerprint density at radius 2 is 2.42 bits per heavy atom. The van der Waals surface area contributed by atoms with Crippen LogP contribution in [0.1, 0.15) is 18.4 Å². The van der Waals surface area contributed by atoms with Crippen molar-refractivity contribution in [3.8, 4) is 6.07 Å². The van der Waals surface area contributed by atoms with Gasteiger partial charge in [0.2, 0.25) is 5.95 Å². The number of nitrogen functional groups attached to an aromatic ring is 1. The molecule has 0 aromatic carbocycles. The molecule has 1 atom stereocenters. The van der Waals surface area contributed by atoms with Crippen LogP contribution < -0.4 is 10.6 Å². The first-order chi connectivity index (χ1) is 9.24. The molecule has 2 aromatic heterocycles. The van der Waals surface area contributed by atoms with Crippen molar-refractivity contribution in [1.82, 2.24) is 15.0 Å². The molecule has 0 unspecified atom stereocenters. The van der Waals surface area contributed by atoms with E-state index in [-0.39, 0.29) is 18.6 Å². The average molecular weight is 258 g/mol. The van der Waals surface area contributed by atoms with E-state index in [9.17, 15) is 5.11 Å². The number of hydrogen-bond acceptors (Lipinski definition) is 6. The predicted molar refractivity (Wildman–Crippen MR) is 70.5 cm³/mol. The third-order valence-electron chi connectivity index (χ3n) is 3.51. The molecule has 3 heterocycles. The van der Waals surface area contributed by atoms with Crippen LogP contribution in [-0.2, 0) is 0 Å². The van der Waals surface area contributed by atoms with Crippen molar-refractivity contribution in [3.05, 3.63) is 11.8 Å². The van der Waals surface area contributed by atoms with Crippen LogP contribution in [0.25, 0.3) is 11.0 Å². The summed E-state index contributed by atoms with van der Waals surface area (Å²) in [4.78, 5) is 13.3. The van der Waals surface area contributed by atoms with E-state index in [4.69, 9.17) is 11.0 Å². The van der Waals surface area contributed by atoms with E-state index in [0.717, 1.165) is 19.4 Å². The minimum absolute atomic E-state index is 0.0268. The molecule has 0 radical (unpaired) electrons. The van der Waals surface area contributed by atoms with Crippen LogP contribution in [0.15, 0.2) is 6.20 Å². The van der Waals surface area contributed by atoms with Crippen LogP contribution in [-0.4, -0.2) is 39.3 Å². The van der Waals surface area contributed by atoms with E-state index in [1.807, 2.05) is 4.90 Å². The number of fused-ring (bicyclic) bond motifs is 1. The van der Waals surface area contributed by atoms with Gasteiger partial charge in [-0.1, -0.05) is 0 Å². The zero-order valence-electron chi connectivity index (χ0n) is 10.3. The summed E-state index contributed by atoms with van der Waals surface area (Å²) in [6.45, 7) is 0.866. The van der Waals surface area contributed by atoms with Crippen molar-refractivity contribution in [2.24, 2.45) is 0 Å². The van der Waals surface area contributed by atoms with Crippen molar-refractivity contribution < 1.29 is 5.11 Å². The molecule has 0 amide bonds. The van der Waals surface area contributed by atoms with Gasteiger partial charge in [0.25, 0.3) is 0 Å². The first-order valence-electron chi connectivity index (χ1n) is 6.16. The molecule has 0 spiro atoms. The third kappa shape index (κ3) is 1.77. The SMILES string of the molecule is N#Cc1c[nH]c2nc(N)nc(N3CCC[C@H]3CO)c12. The second kappa shape index (κ2) is 4.40. The lowest BCUT2D eigenvalue weighted by atomic mass is 10.2. The summed E-state index contributed by atoms with van der Waals surface area (Å²) < 4.78 is 0. The normalized spacial score (nSPS) is 18.9. The number of aromatic nitrogens is 3. The number of aliphatic hydroxyl groups excluding tert-OH is 1. The van der Waals surface area contributed by atoms with Crippen molar-refractivity contribution in [2.45, 2.75) is 18.9 Å². The summed E-state index contributed by atoms with van der Waals surface area (Å²) in [7, 11) is 0. The number of anilines is 2. The Kier molecular flexibility index (Phi) is 2.72. The Bertz CT molecular complexity index is 658. The van der Waals surface area contributed by atoms with Gasteiger partial charge in [0.15, 0.2) is 0 Å². The minimum Gasteiger partial charge on any atom is -0.394 e. The van der Waals surface area contributed by atoms with E-state index < -0.39 is 0 Å². The number of nitrogens with zero attached hydrogens (tertiary/aromatic N) is 4. The van der Waals surface area contributed by atoms with Crippen LogP contribution in [0.3, 0.4) is 0 Å². The predicted octanol–water partition coefficient (Wildman–Crippen LogP) is 0.373. The van der Waals surface area contributed by atoms with Crippen LogP contribution in [0, 0.1) is 11.3 Å². The number of nitrogens with two attached hydrogens (primary N) is 1. The van der Waals surface area contributed by atoms with Gasteiger partial charge in [0.1, 0.15) is 17.5 Å². The highest BCUT2D eigenvalue weighted by atomic mass is 16.3. The lowest BCUT2D eigenvalue weighted by Gasteiger charge is -2.24. The molecule has 2 aromatic rings. The molecule has 7 heteroatoms. The van der Waals surface area contributed by atoms with E-state index in [2.05, 4.69) is 21.0 Å². The number of H-pyrrole nitrogens is 1. The fraction of sp³-hybridized carbons (Fsp3) is 0.417. The first-order valence-corrected chi connectivity index (χ1v) is 6.16. The van der Waals surface area contributed by atoms with Crippen LogP contribution in [0.4, 0.5) is 11.8 Å². The standard InChI is InChI=1S/C12H14N6O/c13-4-7-5-15-10-9(7)11(17-12(14)16-10)18-3-1-2-8(18)6-19/h5,8,19H,1-3,6H2,(H3,14,15,16,17)/t8-/m0/s1. The highest BCUT2D eigenvalue weighted by Crippen LogP contribution is 2.32. The molecular formula is C12H14N6O. The van der Waals surface area contributed by atoms with E-state index >= 15 is 0 Å². The Morgan fingerprint density at radius 1 is 1.58 bits per heavy atom. The maximum absolute atomic E-state index is 9.43. The zero-order chi connectivity index (χ0) is 13.4. The second-order valence-electron chi connectivity index (χ2n) is 4.62. The van der Waals surface area contributed by atoms with Crippen molar-refractivity contribution >= 4 is 22.8 Å². The molecule has 98 valence electrons. The minimum atomic E-state index is 0.0268. The van der Waals surface area contributed by atoms with Gasteiger partial charge in [0.05, 0.1) is 23.6 Å². The summed E-state index contributed by atoms with van der Waals surface area (Å²) in [6.07, 6.45) is 3.50. The van der Waals surface area contributed by atoms with Crippen molar-refractivity contribution in [3.63, 3.8) is 0 Å². The molecule has 0 bridgehead atoms. The van der Waals surface area contributed by atoms with Crippen LogP contribution in [0.2, 0.25) is 0 Å². The Balaban J connectivity index is 2.21. The molecule has 1 fully saturated rings. The van der Waals surface area contributed by atoms with Crippen LogP contribution >= 0.6 is 0 Å². The van der Waals surface area contributed by atoms with Crippen LogP contribution in [0.5, 0.6) is 0 Å². The second-order valence-corrected chi connectivity index (χ2v) is 4.62. The molecule has 0 aliphatic carbocycles. The Labute approximate surface area is 109 Å². The van der Waals surface area contributed by atoms with Gasteiger partial charge in [0, 0.05) is 12.7 Å². The van der Waals surface area contributed by atoms with Gasteiger partial charge in [-0.3, -0.25) is 0 Å². The van der Waals surface area contributed by atoms with Gasteiger partial charge < -0.3 is 20.7 Å². The quantitative estimate of drug-likeness (QED) is 0.717. The van der Waals surface area contributed by atoms with Gasteiger partial charge in [-0.05, 0) is 12.8 Å². The summed E-state index contributed by atoms with van der Waals surface area (Å²) >= 11 is 0. The Hall–Kier alpha value is -2.33. The summed E-state index contributed by atoms with van der Waals surface area (Å²) in [6, 6.07) is 2.15. The number of hydrogen-bond donors (Lipinski definition) is 3. The molecule has 4 N–H and O–H groups in total. The van der Waals surface area contributed by atoms with Gasteiger partial charge in [-0.25, -0.2) is 0 Å². The molecule has 1 aliphatic rings. The molecule has 1 aliphatic heterocycles. The van der Waals surface area contributed by atoms with Crippen molar-refractivity contribution in [2.75, 3.05) is 23.8 Å². The number of rotatable bonds is 2. The molecule has 19 heavy (non-hydrogen) atoms. The average Bonchev–Trinajstić information content (AvgIpc) is 3.03. The topological polar surface area (TPSA) is 115 Å². The number of aliphatic hydroxyl groups is 1. The lowest BCUT2D eigenvalue weighted by molar-refractivity contribution is 0.266. The smallest absolute Gasteiger partial charge is 0.223 e. The maximum atomic E-state index is 9.43. The molecule has 3 rings (SSSR count). The first kappa shape index (κ1) is 11.7. The summed E-state index contributed by atoms with van der Waals surface area (Å²) in [5, 5.41) is 19.3. The van der Waals surface area contributed by atoms with Gasteiger partial charge >= 0.3 is 0 Å². The third-order valence-corrected chi connectivity index (χ3v) is 3.51. The Morgan fingerprint density at radius 3 is 3.16 bits per heavy atom. The van der Waals surface area contributed by atoms with Gasteiger partial charge in [-0.2, -0.15) is 15.2 Å². The molecular weight excluding hydrogens is 244 g/mol. The zero-order valence-corrected chi connectivity index (χ0v) is 10.3. The van der Waals surface area contributed by atoms with E-state index in [1.165, 1.54) is 0 Å². The molecule has 0 saturated carbocycles. The van der Waals surface area contributed by atoms with E-state index in [0.29, 0.717) is 22.4 Å². The highest BCUT2D eigenvalue weighted by molar-refractivity contribution is 5.94. The number of nitrogens with one attached hydrogen (secondary N) is 1. The lowest BCUT2D eigenvalue weighted by Crippen LogP contribution is -2.33. The fourth-order valence-corrected chi connectivity index (χ4v) is 2.63. The summed E-state index contributed by atoms with van der Waals surface area (Å²) in [5.41, 5.74) is 6.77.